The summed E-state index contributed by atoms with van der Waals surface area (Å²) in [6.45, 7) is 1.68. The number of nitrogens with zero attached hydrogens (tertiary/aromatic N) is 1. The van der Waals surface area contributed by atoms with E-state index in [0.29, 0.717) is 25.6 Å². The van der Waals surface area contributed by atoms with Gasteiger partial charge >= 0.3 is 0 Å². The molecule has 0 aromatic carbocycles. The first-order valence-electron chi connectivity index (χ1n) is 5.51. The van der Waals surface area contributed by atoms with Crippen LogP contribution in [0.3, 0.4) is 0 Å². The monoisotopic (exact) mass is 239 g/mol. The van der Waals surface area contributed by atoms with Crippen molar-refractivity contribution in [1.29, 1.82) is 0 Å². The van der Waals surface area contributed by atoms with Crippen molar-refractivity contribution in [3.8, 4) is 5.75 Å². The van der Waals surface area contributed by atoms with Crippen LogP contribution in [0.2, 0.25) is 0 Å². The number of ether oxygens (including phenoxy) is 3. The van der Waals surface area contributed by atoms with Crippen molar-refractivity contribution >= 4 is 0 Å². The van der Waals surface area contributed by atoms with Gasteiger partial charge < -0.3 is 14.2 Å². The van der Waals surface area contributed by atoms with Gasteiger partial charge in [-0.05, 0) is 12.1 Å². The highest BCUT2D eigenvalue weighted by Crippen LogP contribution is 2.26. The Hall–Kier alpha value is -1.21. The molecule has 6 heteroatoms. The van der Waals surface area contributed by atoms with E-state index in [0.717, 1.165) is 5.69 Å². The minimum atomic E-state index is -0.244. The lowest BCUT2D eigenvalue weighted by Crippen LogP contribution is -2.43. The average molecular weight is 239 g/mol. The van der Waals surface area contributed by atoms with E-state index >= 15 is 0 Å². The van der Waals surface area contributed by atoms with Gasteiger partial charge in [-0.1, -0.05) is 0 Å². The molecule has 0 radical (unpaired) electrons. The molecule has 0 saturated carbocycles. The van der Waals surface area contributed by atoms with E-state index in [4.69, 9.17) is 20.1 Å². The maximum atomic E-state index is 5.62. The molecule has 6 nitrogen and oxygen atoms in total. The number of methoxy groups -OCH3 is 1. The molecule has 1 aliphatic rings. The molecule has 3 N–H and O–H groups in total. The smallest absolute Gasteiger partial charge is 0.142 e. The highest BCUT2D eigenvalue weighted by Gasteiger charge is 2.28. The average Bonchev–Trinajstić information content (AvgIpc) is 2.41. The molecule has 2 unspecified atom stereocenters. The number of hydrogen-bond acceptors (Lipinski definition) is 6. The molecule has 2 rings (SSSR count). The largest absolute Gasteiger partial charge is 0.495 e. The zero-order valence-corrected chi connectivity index (χ0v) is 9.76. The fourth-order valence-electron chi connectivity index (χ4n) is 1.87. The second-order valence-electron chi connectivity index (χ2n) is 3.72. The van der Waals surface area contributed by atoms with Crippen LogP contribution in [0.15, 0.2) is 18.3 Å². The summed E-state index contributed by atoms with van der Waals surface area (Å²) < 4.78 is 16.3. The fraction of sp³-hybridized carbons (Fsp3) is 0.545. The molecular weight excluding hydrogens is 222 g/mol. The quantitative estimate of drug-likeness (QED) is 0.569. The van der Waals surface area contributed by atoms with Crippen molar-refractivity contribution in [1.82, 2.24) is 10.4 Å². The molecule has 2 heterocycles. The molecule has 0 bridgehead atoms. The first kappa shape index (κ1) is 12.3. The Morgan fingerprint density at radius 1 is 1.59 bits per heavy atom. The second kappa shape index (κ2) is 5.92. The minimum Gasteiger partial charge on any atom is -0.495 e. The SMILES string of the molecule is COc1cccnc1C(NN)C1COCCO1. The van der Waals surface area contributed by atoms with Crippen molar-refractivity contribution in [2.75, 3.05) is 26.9 Å². The Bertz CT molecular complexity index is 356. The normalized spacial score (nSPS) is 22.1. The van der Waals surface area contributed by atoms with Gasteiger partial charge in [-0.2, -0.15) is 0 Å². The molecule has 1 aromatic rings. The molecule has 1 fully saturated rings. The maximum Gasteiger partial charge on any atom is 0.142 e. The number of aromatic nitrogens is 1. The molecule has 1 aliphatic heterocycles. The molecule has 2 atom stereocenters. The predicted octanol–water partition coefficient (Wildman–Crippen LogP) is 0.01000. The van der Waals surface area contributed by atoms with Crippen molar-refractivity contribution in [2.24, 2.45) is 5.84 Å². The second-order valence-corrected chi connectivity index (χ2v) is 3.72. The fourth-order valence-corrected chi connectivity index (χ4v) is 1.87. The van der Waals surface area contributed by atoms with Crippen LogP contribution in [0.25, 0.3) is 0 Å². The molecule has 1 saturated heterocycles. The van der Waals surface area contributed by atoms with Gasteiger partial charge in [-0.25, -0.2) is 5.43 Å². The summed E-state index contributed by atoms with van der Waals surface area (Å²) in [6, 6.07) is 3.41. The number of rotatable bonds is 4. The number of nitrogens with one attached hydrogen (secondary N) is 1. The molecule has 17 heavy (non-hydrogen) atoms. The Morgan fingerprint density at radius 3 is 3.12 bits per heavy atom. The Kier molecular flexibility index (Phi) is 4.27. The van der Waals surface area contributed by atoms with Gasteiger partial charge in [0.1, 0.15) is 17.5 Å². The lowest BCUT2D eigenvalue weighted by molar-refractivity contribution is -0.103. The van der Waals surface area contributed by atoms with Crippen LogP contribution in [0, 0.1) is 0 Å². The third-order valence-corrected chi connectivity index (χ3v) is 2.71. The van der Waals surface area contributed by atoms with Gasteiger partial charge in [0, 0.05) is 6.20 Å². The van der Waals surface area contributed by atoms with Crippen molar-refractivity contribution in [2.45, 2.75) is 12.1 Å². The third-order valence-electron chi connectivity index (χ3n) is 2.71. The Morgan fingerprint density at radius 2 is 2.47 bits per heavy atom. The van der Waals surface area contributed by atoms with Gasteiger partial charge in [-0.3, -0.25) is 10.8 Å². The Balaban J connectivity index is 2.21. The summed E-state index contributed by atoms with van der Waals surface area (Å²) in [5.74, 6) is 6.26. The molecular formula is C11H17N3O3. The van der Waals surface area contributed by atoms with E-state index in [1.807, 2.05) is 12.1 Å². The van der Waals surface area contributed by atoms with Crippen molar-refractivity contribution < 1.29 is 14.2 Å². The Labute approximate surface area is 100 Å². The summed E-state index contributed by atoms with van der Waals surface area (Å²) in [6.07, 6.45) is 1.55. The highest BCUT2D eigenvalue weighted by atomic mass is 16.6. The zero-order valence-electron chi connectivity index (χ0n) is 9.76. The van der Waals surface area contributed by atoms with Crippen LogP contribution in [0.4, 0.5) is 0 Å². The van der Waals surface area contributed by atoms with E-state index < -0.39 is 0 Å². The van der Waals surface area contributed by atoms with E-state index in [1.165, 1.54) is 0 Å². The van der Waals surface area contributed by atoms with E-state index in [1.54, 1.807) is 13.3 Å². The van der Waals surface area contributed by atoms with Crippen LogP contribution in [0.1, 0.15) is 11.7 Å². The predicted molar refractivity (Wildman–Crippen MR) is 61.4 cm³/mol. The molecule has 94 valence electrons. The van der Waals surface area contributed by atoms with Crippen LogP contribution in [0.5, 0.6) is 5.75 Å². The van der Waals surface area contributed by atoms with Crippen LogP contribution in [-0.2, 0) is 9.47 Å². The molecule has 0 spiro atoms. The maximum absolute atomic E-state index is 5.62. The third kappa shape index (κ3) is 2.73. The molecule has 1 aromatic heterocycles. The van der Waals surface area contributed by atoms with E-state index in [-0.39, 0.29) is 12.1 Å². The van der Waals surface area contributed by atoms with Gasteiger partial charge in [0.05, 0.1) is 33.0 Å². The van der Waals surface area contributed by atoms with Gasteiger partial charge in [-0.15, -0.1) is 0 Å². The number of pyridine rings is 1. The van der Waals surface area contributed by atoms with Gasteiger partial charge in [0.15, 0.2) is 0 Å². The van der Waals surface area contributed by atoms with Crippen molar-refractivity contribution in [3.05, 3.63) is 24.0 Å². The summed E-state index contributed by atoms with van der Waals surface area (Å²) >= 11 is 0. The summed E-state index contributed by atoms with van der Waals surface area (Å²) in [4.78, 5) is 4.29. The molecule has 0 aliphatic carbocycles. The molecule has 0 amide bonds. The number of hydrazine groups is 1. The summed E-state index contributed by atoms with van der Waals surface area (Å²) in [5.41, 5.74) is 3.44. The summed E-state index contributed by atoms with van der Waals surface area (Å²) in [7, 11) is 1.60. The number of nitrogens with two attached hydrogens (primary N) is 1. The lowest BCUT2D eigenvalue weighted by atomic mass is 10.1. The van der Waals surface area contributed by atoms with Crippen LogP contribution in [-0.4, -0.2) is 38.0 Å². The van der Waals surface area contributed by atoms with E-state index in [9.17, 15) is 0 Å². The van der Waals surface area contributed by atoms with Crippen LogP contribution >= 0.6 is 0 Å². The van der Waals surface area contributed by atoms with E-state index in [2.05, 4.69) is 10.4 Å². The van der Waals surface area contributed by atoms with Gasteiger partial charge in [0.25, 0.3) is 0 Å². The van der Waals surface area contributed by atoms with Crippen LogP contribution < -0.4 is 16.0 Å². The lowest BCUT2D eigenvalue weighted by Gasteiger charge is -2.30. The number of hydrogen-bond donors (Lipinski definition) is 2. The zero-order chi connectivity index (χ0) is 12.1. The summed E-state index contributed by atoms with van der Waals surface area (Å²) in [5, 5.41) is 0. The topological polar surface area (TPSA) is 78.6 Å². The highest BCUT2D eigenvalue weighted by molar-refractivity contribution is 5.30. The first-order valence-corrected chi connectivity index (χ1v) is 5.51. The van der Waals surface area contributed by atoms with Crippen molar-refractivity contribution in [3.63, 3.8) is 0 Å². The standard InChI is InChI=1S/C11H17N3O3/c1-15-8-3-2-4-13-10(8)11(14-12)9-7-16-5-6-17-9/h2-4,9,11,14H,5-7,12H2,1H3. The van der Waals surface area contributed by atoms with Gasteiger partial charge in [0.2, 0.25) is 0 Å². The first-order chi connectivity index (χ1) is 8.36. The minimum absolute atomic E-state index is 0.155.